The number of furan rings is 1. The molecule has 0 fully saturated rings. The van der Waals surface area contributed by atoms with Crippen molar-refractivity contribution >= 4 is 28.5 Å². The van der Waals surface area contributed by atoms with Crippen LogP contribution in [0.3, 0.4) is 0 Å². The Labute approximate surface area is 123 Å². The Hall–Kier alpha value is -2.35. The number of hydrogen-bond donors (Lipinski definition) is 2. The maximum Gasteiger partial charge on any atom is 0.506 e. The highest BCUT2D eigenvalue weighted by molar-refractivity contribution is 7.15. The molecule has 0 spiro atoms. The van der Waals surface area contributed by atoms with Crippen LogP contribution >= 0.6 is 11.3 Å². The fraction of sp³-hybridized carbons (Fsp3) is 0.308. The molecule has 1 atom stereocenters. The van der Waals surface area contributed by atoms with Gasteiger partial charge in [-0.3, -0.25) is 10.1 Å². The first-order chi connectivity index (χ1) is 10.1. The molecule has 1 aliphatic carbocycles. The smallest absolute Gasteiger partial charge is 0.472 e. The summed E-state index contributed by atoms with van der Waals surface area (Å²) in [5.41, 5.74) is 1.01. The lowest BCUT2D eigenvalue weighted by atomic mass is 10.0. The van der Waals surface area contributed by atoms with Crippen LogP contribution in [0.5, 0.6) is 0 Å². The van der Waals surface area contributed by atoms with Crippen molar-refractivity contribution in [1.82, 2.24) is 4.98 Å². The van der Waals surface area contributed by atoms with Gasteiger partial charge in [-0.15, -0.1) is 11.3 Å². The Morgan fingerprint density at radius 3 is 3.10 bits per heavy atom. The van der Waals surface area contributed by atoms with E-state index in [4.69, 9.17) is 14.3 Å². The van der Waals surface area contributed by atoms with Gasteiger partial charge < -0.3 is 14.3 Å². The lowest BCUT2D eigenvalue weighted by Crippen LogP contribution is -2.15. The Balaban J connectivity index is 1.78. The number of rotatable bonds is 3. The summed E-state index contributed by atoms with van der Waals surface area (Å²) in [5, 5.41) is 11.9. The van der Waals surface area contributed by atoms with E-state index in [9.17, 15) is 9.59 Å². The number of carbonyl (C=O) groups is 2. The number of nitrogens with one attached hydrogen (secondary N) is 1. The average molecular weight is 308 g/mol. The first-order valence-electron chi connectivity index (χ1n) is 6.36. The van der Waals surface area contributed by atoms with Gasteiger partial charge in [0, 0.05) is 4.88 Å². The lowest BCUT2D eigenvalue weighted by Gasteiger charge is -2.19. The van der Waals surface area contributed by atoms with Crippen molar-refractivity contribution < 1.29 is 23.8 Å². The van der Waals surface area contributed by atoms with E-state index in [2.05, 4.69) is 10.3 Å². The molecule has 0 radical (unpaired) electrons. The highest BCUT2D eigenvalue weighted by Crippen LogP contribution is 2.37. The summed E-state index contributed by atoms with van der Waals surface area (Å²) in [6.45, 7) is 0. The number of fused-ring (bicyclic) bond motifs is 1. The molecule has 1 aliphatic rings. The van der Waals surface area contributed by atoms with Crippen molar-refractivity contribution in [2.24, 2.45) is 0 Å². The zero-order valence-corrected chi connectivity index (χ0v) is 11.7. The van der Waals surface area contributed by atoms with Crippen LogP contribution in [0.15, 0.2) is 23.0 Å². The van der Waals surface area contributed by atoms with E-state index in [0.717, 1.165) is 17.7 Å². The number of anilines is 1. The van der Waals surface area contributed by atoms with E-state index >= 15 is 0 Å². The third-order valence-corrected chi connectivity index (χ3v) is 4.20. The second-order valence-electron chi connectivity index (χ2n) is 4.56. The summed E-state index contributed by atoms with van der Waals surface area (Å²) in [6, 6.07) is 1.55. The van der Waals surface area contributed by atoms with Crippen molar-refractivity contribution in [3.63, 3.8) is 0 Å². The van der Waals surface area contributed by atoms with Gasteiger partial charge in [0.25, 0.3) is 5.91 Å². The number of ether oxygens (including phenoxy) is 1. The quantitative estimate of drug-likeness (QED) is 0.845. The van der Waals surface area contributed by atoms with Crippen LogP contribution in [-0.4, -0.2) is 22.2 Å². The number of thiazole rings is 1. The van der Waals surface area contributed by atoms with Gasteiger partial charge in [-0.05, 0) is 25.3 Å². The van der Waals surface area contributed by atoms with E-state index < -0.39 is 12.3 Å². The van der Waals surface area contributed by atoms with Gasteiger partial charge in [0.05, 0.1) is 17.5 Å². The molecule has 2 N–H and O–H groups in total. The first kappa shape index (κ1) is 13.6. The molecule has 0 aromatic carbocycles. The minimum Gasteiger partial charge on any atom is -0.472 e. The Morgan fingerprint density at radius 2 is 2.38 bits per heavy atom. The second kappa shape index (κ2) is 5.57. The molecule has 7 nitrogen and oxygen atoms in total. The van der Waals surface area contributed by atoms with Crippen molar-refractivity contribution in [2.45, 2.75) is 25.4 Å². The summed E-state index contributed by atoms with van der Waals surface area (Å²) in [6.07, 6.45) is 3.15. The molecule has 1 amide bonds. The molecular weight excluding hydrogens is 296 g/mol. The van der Waals surface area contributed by atoms with Gasteiger partial charge >= 0.3 is 6.16 Å². The standard InChI is InChI=1S/C13H12N2O5S/c16-11(7-4-5-19-6-7)15-12-14-10-8(20-13(17)18)2-1-3-9(10)21-12/h4-6,8H,1-3H2,(H,17,18)(H,14,15,16). The molecule has 1 unspecified atom stereocenters. The van der Waals surface area contributed by atoms with Gasteiger partial charge in [0.1, 0.15) is 12.4 Å². The average Bonchev–Trinajstić information content (AvgIpc) is 3.06. The monoisotopic (exact) mass is 308 g/mol. The van der Waals surface area contributed by atoms with Gasteiger partial charge in [0.15, 0.2) is 5.13 Å². The normalized spacial score (nSPS) is 17.0. The minimum atomic E-state index is -1.31. The van der Waals surface area contributed by atoms with E-state index in [1.54, 1.807) is 6.07 Å². The van der Waals surface area contributed by atoms with Crippen LogP contribution in [0.4, 0.5) is 9.93 Å². The highest BCUT2D eigenvalue weighted by Gasteiger charge is 2.28. The van der Waals surface area contributed by atoms with E-state index in [0.29, 0.717) is 22.8 Å². The first-order valence-corrected chi connectivity index (χ1v) is 7.18. The Morgan fingerprint density at radius 1 is 1.52 bits per heavy atom. The molecule has 0 saturated heterocycles. The summed E-state index contributed by atoms with van der Waals surface area (Å²) in [7, 11) is 0. The predicted molar refractivity (Wildman–Crippen MR) is 73.6 cm³/mol. The molecule has 21 heavy (non-hydrogen) atoms. The van der Waals surface area contributed by atoms with Gasteiger partial charge in [-0.1, -0.05) is 0 Å². The van der Waals surface area contributed by atoms with E-state index in [-0.39, 0.29) is 5.91 Å². The van der Waals surface area contributed by atoms with Crippen LogP contribution in [0.25, 0.3) is 0 Å². The molecule has 3 rings (SSSR count). The number of carboxylic acid groups (broad SMARTS) is 1. The Kier molecular flexibility index (Phi) is 3.61. The topological polar surface area (TPSA) is 102 Å². The summed E-state index contributed by atoms with van der Waals surface area (Å²) in [4.78, 5) is 27.9. The number of aryl methyl sites for hydroxylation is 1. The van der Waals surface area contributed by atoms with Crippen LogP contribution in [0.1, 0.15) is 39.9 Å². The third-order valence-electron chi connectivity index (χ3n) is 3.15. The Bertz CT molecular complexity index is 664. The van der Waals surface area contributed by atoms with Crippen LogP contribution in [-0.2, 0) is 11.2 Å². The number of aromatic nitrogens is 1. The molecular formula is C13H12N2O5S. The number of carbonyl (C=O) groups excluding carboxylic acids is 1. The molecule has 0 bridgehead atoms. The lowest BCUT2D eigenvalue weighted by molar-refractivity contribution is 0.0424. The predicted octanol–water partition coefficient (Wildman–Crippen LogP) is 3.06. The zero-order chi connectivity index (χ0) is 14.8. The minimum absolute atomic E-state index is 0.314. The fourth-order valence-electron chi connectivity index (χ4n) is 2.23. The van der Waals surface area contributed by atoms with Gasteiger partial charge in [0.2, 0.25) is 0 Å². The van der Waals surface area contributed by atoms with Crippen molar-refractivity contribution in [2.75, 3.05) is 5.32 Å². The molecule has 2 heterocycles. The highest BCUT2D eigenvalue weighted by atomic mass is 32.1. The fourth-order valence-corrected chi connectivity index (χ4v) is 3.28. The van der Waals surface area contributed by atoms with Crippen LogP contribution in [0.2, 0.25) is 0 Å². The molecule has 8 heteroatoms. The number of nitrogens with zero attached hydrogens (tertiary/aromatic N) is 1. The summed E-state index contributed by atoms with van der Waals surface area (Å²) in [5.74, 6) is -0.314. The van der Waals surface area contributed by atoms with Crippen molar-refractivity contribution in [3.05, 3.63) is 34.7 Å². The van der Waals surface area contributed by atoms with Crippen LogP contribution in [0, 0.1) is 0 Å². The van der Waals surface area contributed by atoms with Gasteiger partial charge in [-0.2, -0.15) is 0 Å². The van der Waals surface area contributed by atoms with E-state index in [1.807, 2.05) is 0 Å². The maximum atomic E-state index is 11.9. The second-order valence-corrected chi connectivity index (χ2v) is 5.64. The molecule has 110 valence electrons. The third kappa shape index (κ3) is 2.89. The maximum absolute atomic E-state index is 11.9. The number of amides is 1. The molecule has 0 saturated carbocycles. The van der Waals surface area contributed by atoms with E-state index in [1.165, 1.54) is 23.9 Å². The number of hydrogen-bond acceptors (Lipinski definition) is 6. The molecule has 0 aliphatic heterocycles. The van der Waals surface area contributed by atoms with Gasteiger partial charge in [-0.25, -0.2) is 9.78 Å². The van der Waals surface area contributed by atoms with Crippen molar-refractivity contribution in [1.29, 1.82) is 0 Å². The summed E-state index contributed by atoms with van der Waals surface area (Å²) < 4.78 is 9.69. The largest absolute Gasteiger partial charge is 0.506 e. The zero-order valence-electron chi connectivity index (χ0n) is 10.9. The summed E-state index contributed by atoms with van der Waals surface area (Å²) >= 11 is 1.35. The molecule has 2 aromatic rings. The SMILES string of the molecule is O=C(O)OC1CCCc2sc(NC(=O)c3ccoc3)nc21. The molecule has 2 aromatic heterocycles. The van der Waals surface area contributed by atoms with Crippen LogP contribution < -0.4 is 5.32 Å². The van der Waals surface area contributed by atoms with Crippen molar-refractivity contribution in [3.8, 4) is 0 Å².